The van der Waals surface area contributed by atoms with Crippen LogP contribution in [-0.2, 0) is 16.6 Å². The molecule has 1 fully saturated rings. The number of benzene rings is 2. The summed E-state index contributed by atoms with van der Waals surface area (Å²) in [4.78, 5) is 11.7. The minimum Gasteiger partial charge on any atom is -0.368 e. The molecule has 2 aromatic rings. The van der Waals surface area contributed by atoms with E-state index in [1.165, 1.54) is 11.1 Å². The number of amides is 1. The predicted octanol–water partition coefficient (Wildman–Crippen LogP) is 3.45. The van der Waals surface area contributed by atoms with Crippen molar-refractivity contribution in [3.8, 4) is 0 Å². The van der Waals surface area contributed by atoms with Crippen molar-refractivity contribution >= 4 is 17.5 Å². The van der Waals surface area contributed by atoms with Crippen LogP contribution in [0.4, 0.5) is 0 Å². The topological polar surface area (TPSA) is 55.1 Å². The summed E-state index contributed by atoms with van der Waals surface area (Å²) in [6, 6.07) is 18.2. The van der Waals surface area contributed by atoms with E-state index < -0.39 is 0 Å². The van der Waals surface area contributed by atoms with Gasteiger partial charge in [-0.05, 0) is 60.9 Å². The zero-order valence-electron chi connectivity index (χ0n) is 13.7. The van der Waals surface area contributed by atoms with Crippen LogP contribution in [0.25, 0.3) is 0 Å². The van der Waals surface area contributed by atoms with E-state index >= 15 is 0 Å². The summed E-state index contributed by atoms with van der Waals surface area (Å²) in [5.74, 6) is -0.277. The van der Waals surface area contributed by atoms with Gasteiger partial charge in [-0.15, -0.1) is 0 Å². The first kappa shape index (κ1) is 17.0. The Kier molecular flexibility index (Phi) is 5.22. The number of nitrogens with one attached hydrogen (secondary N) is 1. The van der Waals surface area contributed by atoms with E-state index in [-0.39, 0.29) is 17.4 Å². The smallest absolute Gasteiger partial charge is 0.234 e. The first-order valence-corrected chi connectivity index (χ1v) is 8.80. The number of aryl methyl sites for hydroxylation is 1. The van der Waals surface area contributed by atoms with Gasteiger partial charge in [-0.2, -0.15) is 0 Å². The highest BCUT2D eigenvalue weighted by Crippen LogP contribution is 2.40. The molecule has 126 valence electrons. The number of primary amides is 1. The third-order valence-electron chi connectivity index (χ3n) is 5.10. The van der Waals surface area contributed by atoms with Crippen LogP contribution < -0.4 is 11.1 Å². The van der Waals surface area contributed by atoms with Crippen molar-refractivity contribution < 1.29 is 4.79 Å². The molecule has 0 spiro atoms. The van der Waals surface area contributed by atoms with E-state index in [0.29, 0.717) is 0 Å². The number of rotatable bonds is 5. The van der Waals surface area contributed by atoms with Crippen LogP contribution in [0.5, 0.6) is 0 Å². The molecule has 1 aliphatic rings. The highest BCUT2D eigenvalue weighted by molar-refractivity contribution is 6.30. The van der Waals surface area contributed by atoms with E-state index in [2.05, 4.69) is 35.6 Å². The second-order valence-corrected chi connectivity index (χ2v) is 7.08. The number of nitrogens with two attached hydrogens (primary N) is 1. The molecular formula is C20H23ClN2O. The molecule has 0 saturated carbocycles. The largest absolute Gasteiger partial charge is 0.368 e. The number of hydrogen-bond acceptors (Lipinski definition) is 2. The van der Waals surface area contributed by atoms with Gasteiger partial charge in [0.2, 0.25) is 5.91 Å². The van der Waals surface area contributed by atoms with Gasteiger partial charge in [0.1, 0.15) is 0 Å². The Morgan fingerprint density at radius 1 is 1.21 bits per heavy atom. The molecule has 2 atom stereocenters. The van der Waals surface area contributed by atoms with Gasteiger partial charge in [0.25, 0.3) is 0 Å². The van der Waals surface area contributed by atoms with Gasteiger partial charge in [-0.1, -0.05) is 54.1 Å². The highest BCUT2D eigenvalue weighted by Gasteiger charge is 2.39. The minimum absolute atomic E-state index is 0.0777. The van der Waals surface area contributed by atoms with Gasteiger partial charge in [0.05, 0.1) is 6.04 Å². The standard InChI is InChI=1S/C20H23ClN2O/c21-17-8-4-7-16(13-17)20(10-9-15-5-2-1-3-6-15)11-12-23-18(14-20)19(22)24/h1-8,13,18,23H,9-12,14H2,(H2,22,24). The maximum Gasteiger partial charge on any atom is 0.234 e. The molecule has 3 nitrogen and oxygen atoms in total. The fraction of sp³-hybridized carbons (Fsp3) is 0.350. The van der Waals surface area contributed by atoms with Crippen molar-refractivity contribution in [1.82, 2.24) is 5.32 Å². The fourth-order valence-corrected chi connectivity index (χ4v) is 3.92. The Labute approximate surface area is 148 Å². The van der Waals surface area contributed by atoms with Crippen LogP contribution in [0, 0.1) is 0 Å². The Balaban J connectivity index is 1.89. The summed E-state index contributed by atoms with van der Waals surface area (Å²) in [6.07, 6.45) is 3.64. The average Bonchev–Trinajstić information content (AvgIpc) is 2.61. The van der Waals surface area contributed by atoms with E-state index in [1.807, 2.05) is 24.3 Å². The van der Waals surface area contributed by atoms with E-state index in [1.54, 1.807) is 0 Å². The lowest BCUT2D eigenvalue weighted by Crippen LogP contribution is -2.52. The zero-order chi connectivity index (χ0) is 17.0. The van der Waals surface area contributed by atoms with Crippen molar-refractivity contribution in [2.45, 2.75) is 37.1 Å². The highest BCUT2D eigenvalue weighted by atomic mass is 35.5. The SMILES string of the molecule is NC(=O)C1CC(CCc2ccccc2)(c2cccc(Cl)c2)CCN1. The first-order valence-electron chi connectivity index (χ1n) is 8.42. The molecule has 1 aliphatic heterocycles. The molecule has 2 unspecified atom stereocenters. The summed E-state index contributed by atoms with van der Waals surface area (Å²) in [7, 11) is 0. The summed E-state index contributed by atoms with van der Waals surface area (Å²) in [5.41, 5.74) is 8.02. The summed E-state index contributed by atoms with van der Waals surface area (Å²) >= 11 is 6.23. The van der Waals surface area contributed by atoms with Crippen LogP contribution >= 0.6 is 11.6 Å². The molecule has 1 amide bonds. The van der Waals surface area contributed by atoms with Crippen molar-refractivity contribution in [3.05, 3.63) is 70.7 Å². The number of piperidine rings is 1. The van der Waals surface area contributed by atoms with Gasteiger partial charge in [0, 0.05) is 5.02 Å². The molecule has 4 heteroatoms. The monoisotopic (exact) mass is 342 g/mol. The van der Waals surface area contributed by atoms with Crippen molar-refractivity contribution in [1.29, 1.82) is 0 Å². The van der Waals surface area contributed by atoms with Gasteiger partial charge in [-0.25, -0.2) is 0 Å². The van der Waals surface area contributed by atoms with Crippen LogP contribution in [0.2, 0.25) is 5.02 Å². The Morgan fingerprint density at radius 3 is 2.71 bits per heavy atom. The predicted molar refractivity (Wildman–Crippen MR) is 98.1 cm³/mol. The zero-order valence-corrected chi connectivity index (χ0v) is 14.4. The number of carbonyl (C=O) groups excluding carboxylic acids is 1. The number of hydrogen-bond donors (Lipinski definition) is 2. The number of carbonyl (C=O) groups is 1. The first-order chi connectivity index (χ1) is 11.6. The van der Waals surface area contributed by atoms with Crippen LogP contribution in [-0.4, -0.2) is 18.5 Å². The maximum atomic E-state index is 11.7. The lowest BCUT2D eigenvalue weighted by Gasteiger charge is -2.41. The molecule has 0 aromatic heterocycles. The Morgan fingerprint density at radius 2 is 2.00 bits per heavy atom. The lowest BCUT2D eigenvalue weighted by molar-refractivity contribution is -0.121. The number of halogens is 1. The second-order valence-electron chi connectivity index (χ2n) is 6.64. The van der Waals surface area contributed by atoms with Gasteiger partial charge in [0.15, 0.2) is 0 Å². The maximum absolute atomic E-state index is 11.7. The molecule has 1 saturated heterocycles. The summed E-state index contributed by atoms with van der Waals surface area (Å²) in [5, 5.41) is 3.99. The quantitative estimate of drug-likeness (QED) is 0.874. The summed E-state index contributed by atoms with van der Waals surface area (Å²) < 4.78 is 0. The third-order valence-corrected chi connectivity index (χ3v) is 5.34. The lowest BCUT2D eigenvalue weighted by atomic mass is 9.67. The molecule has 0 radical (unpaired) electrons. The van der Waals surface area contributed by atoms with Crippen LogP contribution in [0.15, 0.2) is 54.6 Å². The molecule has 24 heavy (non-hydrogen) atoms. The van der Waals surface area contributed by atoms with Gasteiger partial charge >= 0.3 is 0 Å². The molecule has 3 rings (SSSR count). The van der Waals surface area contributed by atoms with E-state index in [0.717, 1.165) is 37.3 Å². The van der Waals surface area contributed by atoms with Crippen LogP contribution in [0.3, 0.4) is 0 Å². The average molecular weight is 343 g/mol. The van der Waals surface area contributed by atoms with Crippen molar-refractivity contribution in [3.63, 3.8) is 0 Å². The normalized spacial score (nSPS) is 23.8. The second kappa shape index (κ2) is 7.37. The van der Waals surface area contributed by atoms with E-state index in [9.17, 15) is 4.79 Å². The van der Waals surface area contributed by atoms with Gasteiger partial charge in [-0.3, -0.25) is 4.79 Å². The van der Waals surface area contributed by atoms with Crippen LogP contribution in [0.1, 0.15) is 30.4 Å². The van der Waals surface area contributed by atoms with Crippen molar-refractivity contribution in [2.24, 2.45) is 5.73 Å². The molecule has 2 aromatic carbocycles. The summed E-state index contributed by atoms with van der Waals surface area (Å²) in [6.45, 7) is 0.787. The molecule has 3 N–H and O–H groups in total. The minimum atomic E-state index is -0.284. The molecule has 1 heterocycles. The van der Waals surface area contributed by atoms with E-state index in [4.69, 9.17) is 17.3 Å². The Hall–Kier alpha value is -1.84. The fourth-order valence-electron chi connectivity index (χ4n) is 3.73. The van der Waals surface area contributed by atoms with Crippen molar-refractivity contribution in [2.75, 3.05) is 6.54 Å². The Bertz CT molecular complexity index is 704. The molecule has 0 aliphatic carbocycles. The van der Waals surface area contributed by atoms with Gasteiger partial charge < -0.3 is 11.1 Å². The third kappa shape index (κ3) is 3.80. The molecule has 0 bridgehead atoms. The molecular weight excluding hydrogens is 320 g/mol.